The van der Waals surface area contributed by atoms with Crippen LogP contribution in [0.1, 0.15) is 54.3 Å². The summed E-state index contributed by atoms with van der Waals surface area (Å²) in [6, 6.07) is 14.5. The van der Waals surface area contributed by atoms with E-state index in [-0.39, 0.29) is 11.4 Å². The second-order valence-electron chi connectivity index (χ2n) is 6.04. The Labute approximate surface area is 130 Å². The maximum atomic E-state index is 12.7. The van der Waals surface area contributed by atoms with Crippen molar-refractivity contribution in [2.24, 2.45) is 0 Å². The Balaban J connectivity index is 2.06. The molecule has 0 spiro atoms. The lowest BCUT2D eigenvalue weighted by atomic mass is 9.85. The van der Waals surface area contributed by atoms with Crippen molar-refractivity contribution in [1.82, 2.24) is 0 Å². The van der Waals surface area contributed by atoms with Gasteiger partial charge in [-0.15, -0.1) is 0 Å². The number of hydrogen-bond donors (Lipinski definition) is 1. The molecule has 0 bridgehead atoms. The van der Waals surface area contributed by atoms with Crippen molar-refractivity contribution >= 4 is 5.78 Å². The van der Waals surface area contributed by atoms with Crippen LogP contribution in [-0.2, 0) is 0 Å². The summed E-state index contributed by atoms with van der Waals surface area (Å²) in [7, 11) is 0. The molecule has 2 unspecified atom stereocenters. The van der Waals surface area contributed by atoms with E-state index in [9.17, 15) is 9.90 Å². The number of carbonyl (C=O) groups excluding carboxylic acids is 1. The average molecular weight is 296 g/mol. The molecule has 2 aromatic rings. The van der Waals surface area contributed by atoms with Crippen LogP contribution in [0.15, 0.2) is 48.5 Å². The Hall–Kier alpha value is -2.13. The molecule has 2 atom stereocenters. The molecule has 0 saturated carbocycles. The minimum atomic E-state index is -0.683. The Bertz CT molecular complexity index is 693. The molecule has 22 heavy (non-hydrogen) atoms. The molecular formula is C19H20O3. The SMILES string of the molecule is CCC1(C)CC(O)c2c(cccc2C(=O)c2ccccc2)O1. The Morgan fingerprint density at radius 3 is 2.64 bits per heavy atom. The third-order valence-corrected chi connectivity index (χ3v) is 4.41. The van der Waals surface area contributed by atoms with Gasteiger partial charge in [0.2, 0.25) is 0 Å². The van der Waals surface area contributed by atoms with Crippen molar-refractivity contribution < 1.29 is 14.6 Å². The van der Waals surface area contributed by atoms with E-state index in [1.54, 1.807) is 18.2 Å². The smallest absolute Gasteiger partial charge is 0.193 e. The van der Waals surface area contributed by atoms with Crippen LogP contribution in [0.25, 0.3) is 0 Å². The van der Waals surface area contributed by atoms with E-state index in [0.717, 1.165) is 6.42 Å². The number of aliphatic hydroxyl groups excluding tert-OH is 1. The summed E-state index contributed by atoms with van der Waals surface area (Å²) >= 11 is 0. The summed E-state index contributed by atoms with van der Waals surface area (Å²) in [4.78, 5) is 12.7. The minimum absolute atomic E-state index is 0.0831. The summed E-state index contributed by atoms with van der Waals surface area (Å²) in [6.45, 7) is 4.03. The quantitative estimate of drug-likeness (QED) is 0.874. The van der Waals surface area contributed by atoms with Crippen LogP contribution in [-0.4, -0.2) is 16.5 Å². The van der Waals surface area contributed by atoms with Crippen molar-refractivity contribution in [3.05, 3.63) is 65.2 Å². The van der Waals surface area contributed by atoms with Crippen LogP contribution in [0.2, 0.25) is 0 Å². The maximum absolute atomic E-state index is 12.7. The van der Waals surface area contributed by atoms with Crippen LogP contribution in [0, 0.1) is 0 Å². The number of rotatable bonds is 3. The fraction of sp³-hybridized carbons (Fsp3) is 0.316. The highest BCUT2D eigenvalue weighted by Gasteiger charge is 2.37. The summed E-state index contributed by atoms with van der Waals surface area (Å²) in [5, 5.41) is 10.6. The van der Waals surface area contributed by atoms with Crippen LogP contribution >= 0.6 is 0 Å². The first-order chi connectivity index (χ1) is 10.5. The Morgan fingerprint density at radius 2 is 1.95 bits per heavy atom. The van der Waals surface area contributed by atoms with Gasteiger partial charge in [-0.3, -0.25) is 4.79 Å². The van der Waals surface area contributed by atoms with E-state index in [1.807, 2.05) is 44.2 Å². The highest BCUT2D eigenvalue weighted by molar-refractivity contribution is 6.10. The van der Waals surface area contributed by atoms with Gasteiger partial charge in [0.25, 0.3) is 0 Å². The summed E-state index contributed by atoms with van der Waals surface area (Å²) in [5.74, 6) is 0.532. The van der Waals surface area contributed by atoms with Gasteiger partial charge >= 0.3 is 0 Å². The van der Waals surface area contributed by atoms with E-state index >= 15 is 0 Å². The van der Waals surface area contributed by atoms with Gasteiger partial charge in [0, 0.05) is 23.1 Å². The molecule has 0 saturated heterocycles. The van der Waals surface area contributed by atoms with Gasteiger partial charge in [-0.1, -0.05) is 49.4 Å². The maximum Gasteiger partial charge on any atom is 0.193 e. The summed E-state index contributed by atoms with van der Waals surface area (Å²) in [6.07, 6.45) is 0.619. The van der Waals surface area contributed by atoms with Gasteiger partial charge in [0.05, 0.1) is 6.10 Å². The molecule has 114 valence electrons. The Morgan fingerprint density at radius 1 is 1.23 bits per heavy atom. The first kappa shape index (κ1) is 14.8. The zero-order chi connectivity index (χ0) is 15.7. The van der Waals surface area contributed by atoms with Crippen molar-refractivity contribution in [2.75, 3.05) is 0 Å². The van der Waals surface area contributed by atoms with E-state index in [0.29, 0.717) is 28.9 Å². The molecule has 1 aliphatic rings. The fourth-order valence-electron chi connectivity index (χ4n) is 2.95. The molecule has 0 aliphatic carbocycles. The normalized spacial score (nSPS) is 23.5. The predicted octanol–water partition coefficient (Wildman–Crippen LogP) is 3.90. The molecule has 1 N–H and O–H groups in total. The number of aliphatic hydroxyl groups is 1. The van der Waals surface area contributed by atoms with E-state index in [4.69, 9.17) is 4.74 Å². The van der Waals surface area contributed by atoms with E-state index < -0.39 is 6.10 Å². The third-order valence-electron chi connectivity index (χ3n) is 4.41. The number of carbonyl (C=O) groups is 1. The van der Waals surface area contributed by atoms with Crippen molar-refractivity contribution in [1.29, 1.82) is 0 Å². The number of ether oxygens (including phenoxy) is 1. The zero-order valence-electron chi connectivity index (χ0n) is 12.9. The van der Waals surface area contributed by atoms with Gasteiger partial charge in [-0.25, -0.2) is 0 Å². The van der Waals surface area contributed by atoms with Crippen LogP contribution in [0.4, 0.5) is 0 Å². The fourth-order valence-corrected chi connectivity index (χ4v) is 2.95. The highest BCUT2D eigenvalue weighted by atomic mass is 16.5. The Kier molecular flexibility index (Phi) is 3.75. The lowest BCUT2D eigenvalue weighted by Gasteiger charge is -2.38. The first-order valence-corrected chi connectivity index (χ1v) is 7.64. The average Bonchev–Trinajstić information content (AvgIpc) is 2.54. The number of hydrogen-bond acceptors (Lipinski definition) is 3. The third kappa shape index (κ3) is 2.53. The van der Waals surface area contributed by atoms with Crippen LogP contribution in [0.3, 0.4) is 0 Å². The van der Waals surface area contributed by atoms with Gasteiger partial charge < -0.3 is 9.84 Å². The molecular weight excluding hydrogens is 276 g/mol. The topological polar surface area (TPSA) is 46.5 Å². The van der Waals surface area contributed by atoms with E-state index in [1.165, 1.54) is 0 Å². The number of fused-ring (bicyclic) bond motifs is 1. The first-order valence-electron chi connectivity index (χ1n) is 7.64. The standard InChI is InChI=1S/C19H20O3/c1-3-19(2)12-15(20)17-14(10-7-11-16(17)22-19)18(21)13-8-5-4-6-9-13/h4-11,15,20H,3,12H2,1-2H3. The lowest BCUT2D eigenvalue weighted by Crippen LogP contribution is -2.38. The van der Waals surface area contributed by atoms with Gasteiger partial charge in [0.15, 0.2) is 5.78 Å². The van der Waals surface area contributed by atoms with Gasteiger partial charge in [0.1, 0.15) is 11.4 Å². The van der Waals surface area contributed by atoms with Crippen LogP contribution < -0.4 is 4.74 Å². The minimum Gasteiger partial charge on any atom is -0.487 e. The van der Waals surface area contributed by atoms with Crippen molar-refractivity contribution in [2.45, 2.75) is 38.4 Å². The van der Waals surface area contributed by atoms with Gasteiger partial charge in [-0.2, -0.15) is 0 Å². The monoisotopic (exact) mass is 296 g/mol. The predicted molar refractivity (Wildman–Crippen MR) is 85.2 cm³/mol. The molecule has 1 aliphatic heterocycles. The second kappa shape index (κ2) is 5.58. The molecule has 3 heteroatoms. The summed E-state index contributed by atoms with van der Waals surface area (Å²) < 4.78 is 6.05. The lowest BCUT2D eigenvalue weighted by molar-refractivity contribution is -0.00421. The largest absolute Gasteiger partial charge is 0.487 e. The second-order valence-corrected chi connectivity index (χ2v) is 6.04. The number of benzene rings is 2. The zero-order valence-corrected chi connectivity index (χ0v) is 12.9. The summed E-state index contributed by atoms with van der Waals surface area (Å²) in [5.41, 5.74) is 1.37. The molecule has 3 rings (SSSR count). The molecule has 1 heterocycles. The molecule has 0 fully saturated rings. The number of ketones is 1. The molecule has 0 amide bonds. The van der Waals surface area contributed by atoms with Crippen molar-refractivity contribution in [3.8, 4) is 5.75 Å². The highest BCUT2D eigenvalue weighted by Crippen LogP contribution is 2.42. The molecule has 2 aromatic carbocycles. The molecule has 0 radical (unpaired) electrons. The molecule has 0 aromatic heterocycles. The van der Waals surface area contributed by atoms with Crippen molar-refractivity contribution in [3.63, 3.8) is 0 Å². The van der Waals surface area contributed by atoms with Crippen LogP contribution in [0.5, 0.6) is 5.75 Å². The van der Waals surface area contributed by atoms with Gasteiger partial charge in [-0.05, 0) is 19.4 Å². The van der Waals surface area contributed by atoms with E-state index in [2.05, 4.69) is 0 Å². The molecule has 3 nitrogen and oxygen atoms in total.